The SMILES string of the molecule is Cc1ccccc1CS(=O)(=O)N1CCC(C(=O)Nc2ccccc2C(=O)NCc2ccccc2)CC1. The molecule has 0 aromatic heterocycles. The van der Waals surface area contributed by atoms with Crippen LogP contribution < -0.4 is 10.6 Å². The standard InChI is InChI=1S/C28H31N3O4S/c1-21-9-5-6-12-24(21)20-36(34,35)31-17-15-23(16-18-31)27(32)30-26-14-8-7-13-25(26)28(33)29-19-22-10-3-2-4-11-22/h2-14,23H,15-20H2,1H3,(H,29,33)(H,30,32). The fraction of sp³-hybridized carbons (Fsp3) is 0.286. The molecule has 1 saturated heterocycles. The van der Waals surface area contributed by atoms with Gasteiger partial charge < -0.3 is 10.6 Å². The lowest BCUT2D eigenvalue weighted by Gasteiger charge is -2.30. The molecule has 0 bridgehead atoms. The molecular formula is C28H31N3O4S. The molecule has 7 nitrogen and oxygen atoms in total. The van der Waals surface area contributed by atoms with Gasteiger partial charge in [0.05, 0.1) is 17.0 Å². The molecule has 0 unspecified atom stereocenters. The van der Waals surface area contributed by atoms with E-state index in [4.69, 9.17) is 0 Å². The van der Waals surface area contributed by atoms with Gasteiger partial charge in [-0.1, -0.05) is 66.7 Å². The number of nitrogens with one attached hydrogen (secondary N) is 2. The van der Waals surface area contributed by atoms with Crippen molar-refractivity contribution in [3.63, 3.8) is 0 Å². The predicted octanol–water partition coefficient (Wildman–Crippen LogP) is 4.11. The van der Waals surface area contributed by atoms with Gasteiger partial charge >= 0.3 is 0 Å². The number of hydrogen-bond acceptors (Lipinski definition) is 4. The molecule has 1 heterocycles. The lowest BCUT2D eigenvalue weighted by atomic mass is 9.97. The highest BCUT2D eigenvalue weighted by atomic mass is 32.2. The fourth-order valence-electron chi connectivity index (χ4n) is 4.35. The van der Waals surface area contributed by atoms with Crippen molar-refractivity contribution in [3.05, 3.63) is 101 Å². The number of benzene rings is 3. The topological polar surface area (TPSA) is 95.6 Å². The zero-order valence-electron chi connectivity index (χ0n) is 20.3. The van der Waals surface area contributed by atoms with Gasteiger partial charge in [-0.25, -0.2) is 12.7 Å². The Balaban J connectivity index is 1.34. The van der Waals surface area contributed by atoms with E-state index in [9.17, 15) is 18.0 Å². The van der Waals surface area contributed by atoms with Crippen molar-refractivity contribution < 1.29 is 18.0 Å². The number of amides is 2. The highest BCUT2D eigenvalue weighted by Crippen LogP contribution is 2.25. The molecule has 4 rings (SSSR count). The van der Waals surface area contributed by atoms with E-state index >= 15 is 0 Å². The largest absolute Gasteiger partial charge is 0.348 e. The molecule has 2 N–H and O–H groups in total. The Hall–Kier alpha value is -3.49. The summed E-state index contributed by atoms with van der Waals surface area (Å²) in [5.41, 5.74) is 3.56. The summed E-state index contributed by atoms with van der Waals surface area (Å²) >= 11 is 0. The first kappa shape index (κ1) is 25.6. The predicted molar refractivity (Wildman–Crippen MR) is 141 cm³/mol. The second kappa shape index (κ2) is 11.5. The first-order valence-corrected chi connectivity index (χ1v) is 13.7. The smallest absolute Gasteiger partial charge is 0.253 e. The van der Waals surface area contributed by atoms with Crippen molar-refractivity contribution in [1.29, 1.82) is 0 Å². The van der Waals surface area contributed by atoms with Crippen LogP contribution >= 0.6 is 0 Å². The summed E-state index contributed by atoms with van der Waals surface area (Å²) in [7, 11) is -3.47. The molecule has 1 fully saturated rings. The van der Waals surface area contributed by atoms with Crippen LogP contribution in [0.25, 0.3) is 0 Å². The van der Waals surface area contributed by atoms with Crippen LogP contribution in [0.4, 0.5) is 5.69 Å². The normalized spacial score (nSPS) is 14.8. The Bertz CT molecular complexity index is 1320. The zero-order chi connectivity index (χ0) is 25.5. The molecule has 0 saturated carbocycles. The van der Waals surface area contributed by atoms with Gasteiger partial charge in [0.25, 0.3) is 5.91 Å². The van der Waals surface area contributed by atoms with Crippen LogP contribution in [0.3, 0.4) is 0 Å². The Morgan fingerprint density at radius 1 is 0.889 bits per heavy atom. The Morgan fingerprint density at radius 3 is 2.25 bits per heavy atom. The van der Waals surface area contributed by atoms with E-state index in [-0.39, 0.29) is 23.5 Å². The number of aryl methyl sites for hydroxylation is 1. The van der Waals surface area contributed by atoms with Crippen molar-refractivity contribution in [2.24, 2.45) is 5.92 Å². The van der Waals surface area contributed by atoms with Crippen LogP contribution in [0.15, 0.2) is 78.9 Å². The van der Waals surface area contributed by atoms with E-state index in [1.165, 1.54) is 4.31 Å². The maximum absolute atomic E-state index is 13.0. The summed E-state index contributed by atoms with van der Waals surface area (Å²) < 4.78 is 27.4. The van der Waals surface area contributed by atoms with Crippen molar-refractivity contribution >= 4 is 27.5 Å². The highest BCUT2D eigenvalue weighted by Gasteiger charge is 2.31. The monoisotopic (exact) mass is 505 g/mol. The summed E-state index contributed by atoms with van der Waals surface area (Å²) in [6.07, 6.45) is 0.864. The molecule has 36 heavy (non-hydrogen) atoms. The van der Waals surface area contributed by atoms with Crippen LogP contribution in [0, 0.1) is 12.8 Å². The summed E-state index contributed by atoms with van der Waals surface area (Å²) in [6, 6.07) is 24.0. The van der Waals surface area contributed by atoms with Gasteiger partial charge in [-0.05, 0) is 48.6 Å². The van der Waals surface area contributed by atoms with Gasteiger partial charge in [0, 0.05) is 25.6 Å². The third kappa shape index (κ3) is 6.38. The van der Waals surface area contributed by atoms with Crippen LogP contribution in [0.2, 0.25) is 0 Å². The van der Waals surface area contributed by atoms with Crippen molar-refractivity contribution in [2.45, 2.75) is 32.1 Å². The molecule has 1 aliphatic heterocycles. The number of carbonyl (C=O) groups excluding carboxylic acids is 2. The molecular weight excluding hydrogens is 474 g/mol. The Morgan fingerprint density at radius 2 is 1.53 bits per heavy atom. The quantitative estimate of drug-likeness (QED) is 0.482. The summed E-state index contributed by atoms with van der Waals surface area (Å²) in [6.45, 7) is 2.88. The second-order valence-electron chi connectivity index (χ2n) is 9.06. The molecule has 188 valence electrons. The van der Waals surface area contributed by atoms with Gasteiger partial charge in [0.1, 0.15) is 0 Å². The van der Waals surface area contributed by atoms with E-state index in [1.807, 2.05) is 61.5 Å². The molecule has 0 atom stereocenters. The van der Waals surface area contributed by atoms with Gasteiger partial charge in [-0.2, -0.15) is 0 Å². The number of para-hydroxylation sites is 1. The average Bonchev–Trinajstić information content (AvgIpc) is 2.89. The van der Waals surface area contributed by atoms with Crippen LogP contribution in [-0.4, -0.2) is 37.6 Å². The molecule has 0 radical (unpaired) electrons. The summed E-state index contributed by atoms with van der Waals surface area (Å²) in [5.74, 6) is -0.835. The van der Waals surface area contributed by atoms with Crippen molar-refractivity contribution in [3.8, 4) is 0 Å². The molecule has 2 amide bonds. The Labute approximate surface area is 212 Å². The highest BCUT2D eigenvalue weighted by molar-refractivity contribution is 7.88. The maximum atomic E-state index is 13.0. The van der Waals surface area contributed by atoms with Crippen molar-refractivity contribution in [1.82, 2.24) is 9.62 Å². The average molecular weight is 506 g/mol. The summed E-state index contributed by atoms with van der Waals surface area (Å²) in [4.78, 5) is 25.8. The van der Waals surface area contributed by atoms with E-state index in [1.54, 1.807) is 24.3 Å². The number of rotatable bonds is 8. The minimum Gasteiger partial charge on any atom is -0.348 e. The molecule has 3 aromatic rings. The molecule has 8 heteroatoms. The number of piperidine rings is 1. The van der Waals surface area contributed by atoms with Gasteiger partial charge in [0.2, 0.25) is 15.9 Å². The van der Waals surface area contributed by atoms with Crippen molar-refractivity contribution in [2.75, 3.05) is 18.4 Å². The molecule has 0 spiro atoms. The van der Waals surface area contributed by atoms with Crippen LogP contribution in [0.5, 0.6) is 0 Å². The lowest BCUT2D eigenvalue weighted by molar-refractivity contribution is -0.120. The van der Waals surface area contributed by atoms with E-state index < -0.39 is 10.0 Å². The zero-order valence-corrected chi connectivity index (χ0v) is 21.1. The minimum atomic E-state index is -3.47. The van der Waals surface area contributed by atoms with Crippen LogP contribution in [-0.2, 0) is 27.1 Å². The second-order valence-corrected chi connectivity index (χ2v) is 11.0. The van der Waals surface area contributed by atoms with Gasteiger partial charge in [-0.15, -0.1) is 0 Å². The first-order chi connectivity index (χ1) is 17.3. The lowest BCUT2D eigenvalue weighted by Crippen LogP contribution is -2.42. The van der Waals surface area contributed by atoms with Crippen LogP contribution in [0.1, 0.15) is 39.9 Å². The van der Waals surface area contributed by atoms with E-state index in [0.29, 0.717) is 43.7 Å². The third-order valence-electron chi connectivity index (χ3n) is 6.54. The number of carbonyl (C=O) groups is 2. The van der Waals surface area contributed by atoms with Gasteiger partial charge in [0.15, 0.2) is 0 Å². The first-order valence-electron chi connectivity index (χ1n) is 12.1. The molecule has 1 aliphatic rings. The molecule has 3 aromatic carbocycles. The third-order valence-corrected chi connectivity index (χ3v) is 8.37. The van der Waals surface area contributed by atoms with E-state index in [0.717, 1.165) is 16.7 Å². The number of anilines is 1. The molecule has 0 aliphatic carbocycles. The number of sulfonamides is 1. The summed E-state index contributed by atoms with van der Waals surface area (Å²) in [5, 5.41) is 5.78. The number of nitrogens with zero attached hydrogens (tertiary/aromatic N) is 1. The van der Waals surface area contributed by atoms with Gasteiger partial charge in [-0.3, -0.25) is 9.59 Å². The fourth-order valence-corrected chi connectivity index (χ4v) is 6.02. The van der Waals surface area contributed by atoms with E-state index in [2.05, 4.69) is 10.6 Å². The number of hydrogen-bond donors (Lipinski definition) is 2. The maximum Gasteiger partial charge on any atom is 0.253 e. The minimum absolute atomic E-state index is 0.0397. The Kier molecular flexibility index (Phi) is 8.18.